The molecule has 0 atom stereocenters. The highest BCUT2D eigenvalue weighted by molar-refractivity contribution is 5.86. The topological polar surface area (TPSA) is 84.7 Å². The van der Waals surface area contributed by atoms with Crippen molar-refractivity contribution in [1.82, 2.24) is 0 Å². The van der Waals surface area contributed by atoms with Gasteiger partial charge in [0, 0.05) is 36.6 Å². The molecule has 134 valence electrons. The zero-order valence-corrected chi connectivity index (χ0v) is 14.8. The SMILES string of the molecule is CCN(CC)c1ccc(NC(=O)Oc2ccc([N+](=O)[O-])cc2)cc1.Cl. The molecule has 25 heavy (non-hydrogen) atoms. The second kappa shape index (κ2) is 9.48. The van der Waals surface area contributed by atoms with E-state index in [-0.39, 0.29) is 23.8 Å². The molecule has 0 aromatic heterocycles. The van der Waals surface area contributed by atoms with Crippen molar-refractivity contribution in [2.45, 2.75) is 13.8 Å². The highest BCUT2D eigenvalue weighted by atomic mass is 35.5. The number of nitro groups is 1. The molecule has 8 heteroatoms. The van der Waals surface area contributed by atoms with Crippen molar-refractivity contribution in [3.8, 4) is 5.75 Å². The van der Waals surface area contributed by atoms with Crippen LogP contribution in [0.2, 0.25) is 0 Å². The van der Waals surface area contributed by atoms with Gasteiger partial charge in [-0.3, -0.25) is 15.4 Å². The first-order valence-electron chi connectivity index (χ1n) is 7.61. The molecule has 1 amide bonds. The molecule has 0 fully saturated rings. The number of nitrogens with one attached hydrogen (secondary N) is 1. The monoisotopic (exact) mass is 365 g/mol. The fourth-order valence-corrected chi connectivity index (χ4v) is 2.23. The Bertz CT molecular complexity index is 701. The van der Waals surface area contributed by atoms with Gasteiger partial charge in [-0.2, -0.15) is 0 Å². The van der Waals surface area contributed by atoms with E-state index in [1.54, 1.807) is 12.1 Å². The molecule has 2 rings (SSSR count). The van der Waals surface area contributed by atoms with Gasteiger partial charge in [0.15, 0.2) is 0 Å². The molecular formula is C17H20ClN3O4. The lowest BCUT2D eigenvalue weighted by atomic mass is 10.2. The Kier molecular flexibility index (Phi) is 7.68. The number of hydrogen-bond donors (Lipinski definition) is 1. The van der Waals surface area contributed by atoms with Crippen LogP contribution < -0.4 is 15.0 Å². The van der Waals surface area contributed by atoms with Crippen molar-refractivity contribution in [3.63, 3.8) is 0 Å². The summed E-state index contributed by atoms with van der Waals surface area (Å²) in [4.78, 5) is 24.1. The van der Waals surface area contributed by atoms with E-state index < -0.39 is 11.0 Å². The highest BCUT2D eigenvalue weighted by Gasteiger charge is 2.09. The van der Waals surface area contributed by atoms with E-state index in [4.69, 9.17) is 4.74 Å². The van der Waals surface area contributed by atoms with Crippen LogP contribution in [0.25, 0.3) is 0 Å². The standard InChI is InChI=1S/C17H19N3O4.ClH/c1-3-19(4-2)14-7-5-13(6-8-14)18-17(21)24-16-11-9-15(10-12-16)20(22)23;/h5-12H,3-4H2,1-2H3,(H,18,21);1H. The normalized spacial score (nSPS) is 9.68. The fourth-order valence-electron chi connectivity index (χ4n) is 2.23. The molecule has 0 radical (unpaired) electrons. The molecule has 1 N–H and O–H groups in total. The number of nitro benzene ring substituents is 1. The first-order valence-corrected chi connectivity index (χ1v) is 7.61. The molecular weight excluding hydrogens is 346 g/mol. The molecule has 0 unspecified atom stereocenters. The Morgan fingerprint density at radius 1 is 1.08 bits per heavy atom. The van der Waals surface area contributed by atoms with Crippen LogP contribution in [0.1, 0.15) is 13.8 Å². The molecule has 0 saturated heterocycles. The lowest BCUT2D eigenvalue weighted by Gasteiger charge is -2.21. The van der Waals surface area contributed by atoms with Crippen LogP contribution in [0, 0.1) is 10.1 Å². The number of carbonyl (C=O) groups excluding carboxylic acids is 1. The maximum atomic E-state index is 11.9. The minimum Gasteiger partial charge on any atom is -0.410 e. The van der Waals surface area contributed by atoms with Gasteiger partial charge < -0.3 is 9.64 Å². The summed E-state index contributed by atoms with van der Waals surface area (Å²) >= 11 is 0. The summed E-state index contributed by atoms with van der Waals surface area (Å²) in [7, 11) is 0. The van der Waals surface area contributed by atoms with Gasteiger partial charge in [-0.1, -0.05) is 0 Å². The minimum absolute atomic E-state index is 0. The van der Waals surface area contributed by atoms with Crippen LogP contribution in [-0.4, -0.2) is 24.1 Å². The van der Waals surface area contributed by atoms with Gasteiger partial charge in [0.05, 0.1) is 4.92 Å². The van der Waals surface area contributed by atoms with Crippen LogP contribution in [0.4, 0.5) is 21.9 Å². The van der Waals surface area contributed by atoms with E-state index in [0.29, 0.717) is 5.69 Å². The number of amides is 1. The van der Waals surface area contributed by atoms with Crippen molar-refractivity contribution in [2.24, 2.45) is 0 Å². The maximum absolute atomic E-state index is 11.9. The summed E-state index contributed by atoms with van der Waals surface area (Å²) in [6.07, 6.45) is -0.653. The van der Waals surface area contributed by atoms with Gasteiger partial charge >= 0.3 is 6.09 Å². The number of carbonyl (C=O) groups is 1. The average Bonchev–Trinajstić information content (AvgIpc) is 2.58. The molecule has 0 aliphatic rings. The van der Waals surface area contributed by atoms with Crippen molar-refractivity contribution in [1.29, 1.82) is 0 Å². The van der Waals surface area contributed by atoms with Crippen LogP contribution in [0.5, 0.6) is 5.75 Å². The highest BCUT2D eigenvalue weighted by Crippen LogP contribution is 2.20. The van der Waals surface area contributed by atoms with E-state index >= 15 is 0 Å². The van der Waals surface area contributed by atoms with Crippen LogP contribution >= 0.6 is 12.4 Å². The Labute approximate surface area is 152 Å². The molecule has 0 saturated carbocycles. The number of benzene rings is 2. The number of rotatable bonds is 6. The van der Waals surface area contributed by atoms with Crippen molar-refractivity contribution in [3.05, 3.63) is 58.6 Å². The Morgan fingerprint density at radius 2 is 1.64 bits per heavy atom. The van der Waals surface area contributed by atoms with Gasteiger partial charge in [-0.25, -0.2) is 4.79 Å². The van der Waals surface area contributed by atoms with E-state index in [1.165, 1.54) is 24.3 Å². The van der Waals surface area contributed by atoms with E-state index in [9.17, 15) is 14.9 Å². The summed E-state index contributed by atoms with van der Waals surface area (Å²) in [5, 5.41) is 13.2. The predicted octanol–water partition coefficient (Wildman–Crippen LogP) is 4.47. The van der Waals surface area contributed by atoms with Gasteiger partial charge in [0.1, 0.15) is 5.75 Å². The van der Waals surface area contributed by atoms with Gasteiger partial charge in [0.25, 0.3) is 5.69 Å². The quantitative estimate of drug-likeness (QED) is 0.602. The summed E-state index contributed by atoms with van der Waals surface area (Å²) in [5.74, 6) is 0.234. The Hall–Kier alpha value is -2.80. The molecule has 0 aliphatic carbocycles. The third-order valence-electron chi connectivity index (χ3n) is 3.50. The van der Waals surface area contributed by atoms with Crippen molar-refractivity contribution < 1.29 is 14.5 Å². The Balaban J connectivity index is 0.00000312. The number of hydrogen-bond acceptors (Lipinski definition) is 5. The molecule has 2 aromatic rings. The zero-order valence-electron chi connectivity index (χ0n) is 14.0. The third kappa shape index (κ3) is 5.65. The number of halogens is 1. The van der Waals surface area contributed by atoms with E-state index in [1.807, 2.05) is 12.1 Å². The minimum atomic E-state index is -0.653. The number of anilines is 2. The second-order valence-electron chi connectivity index (χ2n) is 4.98. The molecule has 2 aromatic carbocycles. The van der Waals surface area contributed by atoms with Gasteiger partial charge in [0.2, 0.25) is 0 Å². The first kappa shape index (κ1) is 20.2. The maximum Gasteiger partial charge on any atom is 0.417 e. The first-order chi connectivity index (χ1) is 11.5. The third-order valence-corrected chi connectivity index (χ3v) is 3.50. The summed E-state index contributed by atoms with van der Waals surface area (Å²) in [6.45, 7) is 5.98. The lowest BCUT2D eigenvalue weighted by molar-refractivity contribution is -0.384. The van der Waals surface area contributed by atoms with Crippen LogP contribution in [-0.2, 0) is 0 Å². The zero-order chi connectivity index (χ0) is 17.5. The molecule has 0 aliphatic heterocycles. The number of ether oxygens (including phenoxy) is 1. The molecule has 0 bridgehead atoms. The van der Waals surface area contributed by atoms with Crippen LogP contribution in [0.15, 0.2) is 48.5 Å². The lowest BCUT2D eigenvalue weighted by Crippen LogP contribution is -2.21. The molecule has 0 heterocycles. The average molecular weight is 366 g/mol. The molecule has 7 nitrogen and oxygen atoms in total. The summed E-state index contributed by atoms with van der Waals surface area (Å²) in [5.41, 5.74) is 1.63. The smallest absolute Gasteiger partial charge is 0.410 e. The van der Waals surface area contributed by atoms with Crippen molar-refractivity contribution in [2.75, 3.05) is 23.3 Å². The predicted molar refractivity (Wildman–Crippen MR) is 100.0 cm³/mol. The Morgan fingerprint density at radius 3 is 2.12 bits per heavy atom. The summed E-state index contributed by atoms with van der Waals surface area (Å²) in [6, 6.07) is 12.8. The fraction of sp³-hybridized carbons (Fsp3) is 0.235. The largest absolute Gasteiger partial charge is 0.417 e. The summed E-state index contributed by atoms with van der Waals surface area (Å²) < 4.78 is 5.09. The number of nitrogens with zero attached hydrogens (tertiary/aromatic N) is 2. The van der Waals surface area contributed by atoms with Crippen LogP contribution in [0.3, 0.4) is 0 Å². The van der Waals surface area contributed by atoms with E-state index in [0.717, 1.165) is 18.8 Å². The van der Waals surface area contributed by atoms with Gasteiger partial charge in [-0.15, -0.1) is 12.4 Å². The molecule has 0 spiro atoms. The number of non-ortho nitro benzene ring substituents is 1. The van der Waals surface area contributed by atoms with E-state index in [2.05, 4.69) is 24.1 Å². The second-order valence-corrected chi connectivity index (χ2v) is 4.98. The van der Waals surface area contributed by atoms with Gasteiger partial charge in [-0.05, 0) is 50.2 Å². The van der Waals surface area contributed by atoms with Crippen molar-refractivity contribution >= 4 is 35.6 Å².